The van der Waals surface area contributed by atoms with Gasteiger partial charge in [-0.05, 0) is 12.5 Å². The number of aryl methyl sites for hydroxylation is 1. The number of hydrogen-bond donors (Lipinski definition) is 1. The first-order valence-electron chi connectivity index (χ1n) is 5.44. The molecule has 2 aliphatic heterocycles. The smallest absolute Gasteiger partial charge is 0.256 e. The van der Waals surface area contributed by atoms with E-state index in [4.69, 9.17) is 0 Å². The lowest BCUT2D eigenvalue weighted by Crippen LogP contribution is -2.40. The minimum atomic E-state index is -0.383. The summed E-state index contributed by atoms with van der Waals surface area (Å²) >= 11 is 1.59. The molecule has 0 unspecified atom stereocenters. The average Bonchev–Trinajstić information content (AvgIpc) is 2.87. The summed E-state index contributed by atoms with van der Waals surface area (Å²) in [5.74, 6) is -0.144. The van der Waals surface area contributed by atoms with E-state index < -0.39 is 0 Å². The van der Waals surface area contributed by atoms with Gasteiger partial charge in [0.05, 0.1) is 5.56 Å². The van der Waals surface area contributed by atoms with Crippen molar-refractivity contribution >= 4 is 23.2 Å². The first kappa shape index (κ1) is 10.5. The van der Waals surface area contributed by atoms with Crippen molar-refractivity contribution in [3.63, 3.8) is 0 Å². The topological polar surface area (TPSA) is 49.4 Å². The highest BCUT2D eigenvalue weighted by atomic mass is 32.1. The van der Waals surface area contributed by atoms with Crippen LogP contribution >= 0.6 is 11.3 Å². The number of amides is 2. The molecule has 0 saturated carbocycles. The molecule has 1 fully saturated rings. The fourth-order valence-electron chi connectivity index (χ4n) is 2.39. The molecule has 2 amide bonds. The van der Waals surface area contributed by atoms with E-state index in [9.17, 15) is 9.59 Å². The summed E-state index contributed by atoms with van der Waals surface area (Å²) in [6.45, 7) is 6.30. The number of nitrogens with one attached hydrogen (secondary N) is 1. The zero-order valence-electron chi connectivity index (χ0n) is 9.45. The van der Waals surface area contributed by atoms with E-state index in [-0.39, 0.29) is 17.9 Å². The lowest BCUT2D eigenvalue weighted by molar-refractivity contribution is -0.122. The van der Waals surface area contributed by atoms with Crippen LogP contribution in [0.25, 0.3) is 0 Å². The first-order valence-corrected chi connectivity index (χ1v) is 6.32. The van der Waals surface area contributed by atoms with Crippen LogP contribution in [-0.2, 0) is 11.3 Å². The second kappa shape index (κ2) is 3.43. The number of carbonyl (C=O) groups is 2. The van der Waals surface area contributed by atoms with Gasteiger partial charge in [-0.15, -0.1) is 11.3 Å². The van der Waals surface area contributed by atoms with E-state index in [1.54, 1.807) is 16.2 Å². The molecule has 17 heavy (non-hydrogen) atoms. The Bertz CT molecular complexity index is 547. The van der Waals surface area contributed by atoms with Crippen molar-refractivity contribution in [2.45, 2.75) is 25.9 Å². The van der Waals surface area contributed by atoms with Crippen LogP contribution in [0.4, 0.5) is 0 Å². The normalized spacial score (nSPS) is 23.2. The first-order chi connectivity index (χ1) is 8.08. The van der Waals surface area contributed by atoms with Gasteiger partial charge in [-0.1, -0.05) is 6.58 Å². The second-order valence-corrected chi connectivity index (χ2v) is 5.51. The Morgan fingerprint density at radius 1 is 1.53 bits per heavy atom. The molecule has 0 bridgehead atoms. The summed E-state index contributed by atoms with van der Waals surface area (Å²) in [5.41, 5.74) is 2.53. The van der Waals surface area contributed by atoms with Crippen LogP contribution < -0.4 is 5.32 Å². The van der Waals surface area contributed by atoms with Crippen molar-refractivity contribution < 1.29 is 9.59 Å². The number of rotatable bonds is 1. The van der Waals surface area contributed by atoms with E-state index in [0.29, 0.717) is 18.7 Å². The monoisotopic (exact) mass is 248 g/mol. The third-order valence-corrected chi connectivity index (χ3v) is 4.30. The van der Waals surface area contributed by atoms with E-state index >= 15 is 0 Å². The third-order valence-electron chi connectivity index (χ3n) is 3.34. The van der Waals surface area contributed by atoms with Gasteiger partial charge in [0.2, 0.25) is 5.91 Å². The number of carbonyl (C=O) groups excluding carboxylic acids is 2. The molecule has 3 heterocycles. The van der Waals surface area contributed by atoms with E-state index in [1.807, 2.05) is 12.3 Å². The van der Waals surface area contributed by atoms with Crippen molar-refractivity contribution in [2.24, 2.45) is 0 Å². The molecule has 3 rings (SSSR count). The summed E-state index contributed by atoms with van der Waals surface area (Å²) in [5, 5.41) is 4.56. The van der Waals surface area contributed by atoms with Gasteiger partial charge in [-0.25, -0.2) is 0 Å². The molecule has 4 nitrogen and oxygen atoms in total. The molecular formula is C12H12N2O2S. The highest BCUT2D eigenvalue weighted by molar-refractivity contribution is 7.10. The Balaban J connectivity index is 1.92. The van der Waals surface area contributed by atoms with Gasteiger partial charge in [0.15, 0.2) is 0 Å². The minimum absolute atomic E-state index is 0.0285. The molecule has 0 aliphatic carbocycles. The van der Waals surface area contributed by atoms with Gasteiger partial charge < -0.3 is 10.2 Å². The van der Waals surface area contributed by atoms with Crippen molar-refractivity contribution in [3.05, 3.63) is 33.7 Å². The summed E-state index contributed by atoms with van der Waals surface area (Å²) in [6, 6.07) is -0.383. The van der Waals surface area contributed by atoms with Gasteiger partial charge >= 0.3 is 0 Å². The lowest BCUT2D eigenvalue weighted by atomic mass is 10.2. The van der Waals surface area contributed by atoms with Gasteiger partial charge in [-0.3, -0.25) is 9.59 Å². The van der Waals surface area contributed by atoms with E-state index in [2.05, 4.69) is 11.9 Å². The van der Waals surface area contributed by atoms with Crippen molar-refractivity contribution in [2.75, 3.05) is 0 Å². The second-order valence-electron chi connectivity index (χ2n) is 4.43. The van der Waals surface area contributed by atoms with E-state index in [1.165, 1.54) is 0 Å². The number of fused-ring (bicyclic) bond motifs is 1. The Hall–Kier alpha value is -1.62. The van der Waals surface area contributed by atoms with Crippen molar-refractivity contribution in [3.8, 4) is 0 Å². The van der Waals surface area contributed by atoms with Gasteiger partial charge in [0, 0.05) is 28.9 Å². The van der Waals surface area contributed by atoms with Crippen LogP contribution in [0.3, 0.4) is 0 Å². The Morgan fingerprint density at radius 3 is 2.88 bits per heavy atom. The summed E-state index contributed by atoms with van der Waals surface area (Å²) < 4.78 is 0. The minimum Gasteiger partial charge on any atom is -0.328 e. The predicted octanol–water partition coefficient (Wildman–Crippen LogP) is 1.41. The van der Waals surface area contributed by atoms with Crippen LogP contribution in [0.1, 0.15) is 27.2 Å². The molecule has 1 aromatic rings. The predicted molar refractivity (Wildman–Crippen MR) is 64.6 cm³/mol. The molecule has 2 aliphatic rings. The molecule has 1 aromatic heterocycles. The number of nitrogens with zero attached hydrogens (tertiary/aromatic N) is 1. The van der Waals surface area contributed by atoms with E-state index in [0.717, 1.165) is 16.0 Å². The maximum atomic E-state index is 12.2. The quantitative estimate of drug-likeness (QED) is 0.817. The SMILES string of the molecule is C=C1C[C@H](N2Cc3c(csc3C)C2=O)C(=O)N1. The maximum Gasteiger partial charge on any atom is 0.256 e. The highest BCUT2D eigenvalue weighted by Gasteiger charge is 2.40. The fraction of sp³-hybridized carbons (Fsp3) is 0.333. The van der Waals surface area contributed by atoms with Crippen LogP contribution in [0.2, 0.25) is 0 Å². The third kappa shape index (κ3) is 1.42. The van der Waals surface area contributed by atoms with Gasteiger partial charge in [0.25, 0.3) is 5.91 Å². The molecular weight excluding hydrogens is 236 g/mol. The van der Waals surface area contributed by atoms with Crippen LogP contribution in [0.15, 0.2) is 17.7 Å². The maximum absolute atomic E-state index is 12.2. The van der Waals surface area contributed by atoms with Gasteiger partial charge in [0.1, 0.15) is 6.04 Å². The molecule has 0 spiro atoms. The standard InChI is InChI=1S/C12H12N2O2S/c1-6-3-10(11(15)13-6)14-4-8-7(2)17-5-9(8)12(14)16/h5,10H,1,3-4H2,2H3,(H,13,15)/t10-/m0/s1. The molecule has 5 heteroatoms. The van der Waals surface area contributed by atoms with Crippen molar-refractivity contribution in [1.82, 2.24) is 10.2 Å². The summed E-state index contributed by atoms with van der Waals surface area (Å²) in [7, 11) is 0. The van der Waals surface area contributed by atoms with Crippen molar-refractivity contribution in [1.29, 1.82) is 0 Å². The molecule has 0 radical (unpaired) electrons. The largest absolute Gasteiger partial charge is 0.328 e. The molecule has 1 atom stereocenters. The Kier molecular flexibility index (Phi) is 2.13. The molecule has 88 valence electrons. The lowest BCUT2D eigenvalue weighted by Gasteiger charge is -2.21. The van der Waals surface area contributed by atoms with Gasteiger partial charge in [-0.2, -0.15) is 0 Å². The van der Waals surface area contributed by atoms with Crippen LogP contribution in [0, 0.1) is 6.92 Å². The summed E-state index contributed by atoms with van der Waals surface area (Å²) in [4.78, 5) is 26.7. The Labute approximate surface area is 103 Å². The highest BCUT2D eigenvalue weighted by Crippen LogP contribution is 2.33. The number of hydrogen-bond acceptors (Lipinski definition) is 3. The summed E-state index contributed by atoms with van der Waals surface area (Å²) in [6.07, 6.45) is 0.525. The Morgan fingerprint density at radius 2 is 2.29 bits per heavy atom. The number of thiophene rings is 1. The fourth-order valence-corrected chi connectivity index (χ4v) is 3.24. The van der Waals surface area contributed by atoms with Crippen LogP contribution in [-0.4, -0.2) is 22.8 Å². The zero-order chi connectivity index (χ0) is 12.2. The average molecular weight is 248 g/mol. The zero-order valence-corrected chi connectivity index (χ0v) is 10.3. The molecule has 0 aromatic carbocycles. The molecule has 1 N–H and O–H groups in total. The molecule has 1 saturated heterocycles. The van der Waals surface area contributed by atoms with Crippen LogP contribution in [0.5, 0.6) is 0 Å².